The van der Waals surface area contributed by atoms with Crippen molar-refractivity contribution >= 4 is 27.5 Å². The summed E-state index contributed by atoms with van der Waals surface area (Å²) in [5.41, 5.74) is 3.59. The molecule has 190 valence electrons. The van der Waals surface area contributed by atoms with Crippen LogP contribution in [0.25, 0.3) is 0 Å². The van der Waals surface area contributed by atoms with E-state index in [0.29, 0.717) is 23.7 Å². The Hall–Kier alpha value is -3.45. The summed E-state index contributed by atoms with van der Waals surface area (Å²) in [4.78, 5) is 15.6. The normalized spacial score (nSPS) is 11.4. The van der Waals surface area contributed by atoms with E-state index in [-0.39, 0.29) is 23.9 Å². The molecule has 0 aliphatic rings. The summed E-state index contributed by atoms with van der Waals surface area (Å²) in [6, 6.07) is 33.1. The lowest BCUT2D eigenvalue weighted by Gasteiger charge is -2.28. The van der Waals surface area contributed by atoms with Crippen molar-refractivity contribution in [3.8, 4) is 0 Å². The number of amides is 1. The van der Waals surface area contributed by atoms with E-state index in [0.717, 1.165) is 16.7 Å². The third-order valence-electron chi connectivity index (χ3n) is 6.00. The zero-order valence-corrected chi connectivity index (χ0v) is 22.2. The minimum atomic E-state index is -3.96. The van der Waals surface area contributed by atoms with Crippen LogP contribution in [0.3, 0.4) is 0 Å². The third kappa shape index (κ3) is 7.29. The summed E-state index contributed by atoms with van der Waals surface area (Å²) in [5, 5.41) is 0.506. The van der Waals surface area contributed by atoms with Crippen LogP contribution in [-0.4, -0.2) is 30.1 Å². The van der Waals surface area contributed by atoms with Crippen LogP contribution in [0.5, 0.6) is 0 Å². The maximum absolute atomic E-state index is 13.7. The molecule has 0 aromatic heterocycles. The molecule has 5 nitrogen and oxygen atoms in total. The molecule has 7 heteroatoms. The van der Waals surface area contributed by atoms with Gasteiger partial charge in [-0.1, -0.05) is 102 Å². The summed E-state index contributed by atoms with van der Waals surface area (Å²) >= 11 is 6.17. The van der Waals surface area contributed by atoms with Crippen LogP contribution < -0.4 is 0 Å². The van der Waals surface area contributed by atoms with Gasteiger partial charge in [-0.15, -0.1) is 0 Å². The average Bonchev–Trinajstić information content (AvgIpc) is 2.89. The smallest absolute Gasteiger partial charge is 0.243 e. The van der Waals surface area contributed by atoms with Gasteiger partial charge in [-0.3, -0.25) is 4.79 Å². The van der Waals surface area contributed by atoms with Crippen molar-refractivity contribution in [2.45, 2.75) is 31.5 Å². The standard InChI is InChI=1S/C30H29ClN2O3S/c1-24-15-17-29(18-16-24)37(35,36)33(22-27-13-8-14-28(31)19-27)23-30(34)32(20-25-9-4-2-5-10-25)21-26-11-6-3-7-12-26/h2-19H,20-23H2,1H3. The van der Waals surface area contributed by atoms with Crippen LogP contribution in [0, 0.1) is 6.92 Å². The van der Waals surface area contributed by atoms with Crippen molar-refractivity contribution in [3.63, 3.8) is 0 Å². The lowest BCUT2D eigenvalue weighted by Crippen LogP contribution is -2.42. The van der Waals surface area contributed by atoms with E-state index in [2.05, 4.69) is 0 Å². The van der Waals surface area contributed by atoms with Gasteiger partial charge in [0, 0.05) is 24.7 Å². The van der Waals surface area contributed by atoms with Crippen molar-refractivity contribution in [2.24, 2.45) is 0 Å². The number of nitrogens with zero attached hydrogens (tertiary/aromatic N) is 2. The first kappa shape index (κ1) is 26.6. The highest BCUT2D eigenvalue weighted by atomic mass is 35.5. The van der Waals surface area contributed by atoms with Crippen molar-refractivity contribution < 1.29 is 13.2 Å². The number of hydrogen-bond donors (Lipinski definition) is 0. The molecule has 0 saturated carbocycles. The number of benzene rings is 4. The van der Waals surface area contributed by atoms with Crippen LogP contribution in [0.1, 0.15) is 22.3 Å². The third-order valence-corrected chi connectivity index (χ3v) is 8.04. The molecule has 4 rings (SSSR count). The van der Waals surface area contributed by atoms with E-state index in [1.807, 2.05) is 67.6 Å². The zero-order valence-electron chi connectivity index (χ0n) is 20.6. The molecule has 1 amide bonds. The highest BCUT2D eigenvalue weighted by Crippen LogP contribution is 2.22. The van der Waals surface area contributed by atoms with Crippen molar-refractivity contribution in [1.82, 2.24) is 9.21 Å². The number of carbonyl (C=O) groups excluding carboxylic acids is 1. The maximum Gasteiger partial charge on any atom is 0.243 e. The Morgan fingerprint density at radius 3 is 1.78 bits per heavy atom. The first-order valence-corrected chi connectivity index (χ1v) is 13.8. The Morgan fingerprint density at radius 1 is 0.703 bits per heavy atom. The Bertz CT molecular complexity index is 1390. The van der Waals surface area contributed by atoms with Crippen LogP contribution in [0.4, 0.5) is 0 Å². The Morgan fingerprint density at radius 2 is 1.24 bits per heavy atom. The predicted molar refractivity (Wildman–Crippen MR) is 147 cm³/mol. The largest absolute Gasteiger partial charge is 0.333 e. The maximum atomic E-state index is 13.7. The summed E-state index contributed by atoms with van der Waals surface area (Å²) in [6.45, 7) is 2.35. The van der Waals surface area contributed by atoms with E-state index in [9.17, 15) is 13.2 Å². The van der Waals surface area contributed by atoms with Gasteiger partial charge in [0.1, 0.15) is 0 Å². The molecule has 4 aromatic carbocycles. The molecule has 0 spiro atoms. The van der Waals surface area contributed by atoms with Crippen molar-refractivity contribution in [2.75, 3.05) is 6.54 Å². The number of aryl methyl sites for hydroxylation is 1. The fourth-order valence-electron chi connectivity index (χ4n) is 4.01. The molecule has 4 aromatic rings. The fraction of sp³-hybridized carbons (Fsp3) is 0.167. The van der Waals surface area contributed by atoms with Gasteiger partial charge in [-0.2, -0.15) is 4.31 Å². The lowest BCUT2D eigenvalue weighted by atomic mass is 10.1. The number of rotatable bonds is 10. The van der Waals surface area contributed by atoms with Crippen LogP contribution in [0.2, 0.25) is 5.02 Å². The number of halogens is 1. The average molecular weight is 533 g/mol. The Kier molecular flexibility index (Phi) is 8.77. The Balaban J connectivity index is 1.66. The molecule has 0 atom stereocenters. The van der Waals surface area contributed by atoms with E-state index >= 15 is 0 Å². The molecule has 0 aliphatic heterocycles. The molecule has 0 radical (unpaired) electrons. The molecule has 0 heterocycles. The topological polar surface area (TPSA) is 57.7 Å². The van der Waals surface area contributed by atoms with Crippen LogP contribution in [0.15, 0.2) is 114 Å². The van der Waals surface area contributed by atoms with E-state index in [1.165, 1.54) is 4.31 Å². The molecule has 0 unspecified atom stereocenters. The minimum absolute atomic E-state index is 0.0209. The first-order valence-electron chi connectivity index (χ1n) is 12.0. The van der Waals surface area contributed by atoms with Gasteiger partial charge in [0.05, 0.1) is 11.4 Å². The minimum Gasteiger partial charge on any atom is -0.333 e. The molecule has 0 bridgehead atoms. The first-order chi connectivity index (χ1) is 17.8. The fourth-order valence-corrected chi connectivity index (χ4v) is 5.61. The molecular formula is C30H29ClN2O3S. The zero-order chi connectivity index (χ0) is 26.3. The van der Waals surface area contributed by atoms with Gasteiger partial charge in [-0.05, 0) is 47.9 Å². The number of hydrogen-bond acceptors (Lipinski definition) is 3. The van der Waals surface area contributed by atoms with Crippen molar-refractivity contribution in [1.29, 1.82) is 0 Å². The van der Waals surface area contributed by atoms with E-state index < -0.39 is 10.0 Å². The monoisotopic (exact) mass is 532 g/mol. The van der Waals surface area contributed by atoms with Gasteiger partial charge < -0.3 is 4.90 Å². The second-order valence-electron chi connectivity index (χ2n) is 8.94. The molecule has 0 N–H and O–H groups in total. The molecular weight excluding hydrogens is 504 g/mol. The Labute approximate surface area is 224 Å². The highest BCUT2D eigenvalue weighted by Gasteiger charge is 2.29. The number of carbonyl (C=O) groups is 1. The predicted octanol–water partition coefficient (Wildman–Crippen LogP) is 6.07. The van der Waals surface area contributed by atoms with Crippen LogP contribution >= 0.6 is 11.6 Å². The van der Waals surface area contributed by atoms with E-state index in [4.69, 9.17) is 11.6 Å². The van der Waals surface area contributed by atoms with Crippen LogP contribution in [-0.2, 0) is 34.5 Å². The SMILES string of the molecule is Cc1ccc(S(=O)(=O)N(CC(=O)N(Cc2ccccc2)Cc2ccccc2)Cc2cccc(Cl)c2)cc1. The highest BCUT2D eigenvalue weighted by molar-refractivity contribution is 7.89. The van der Waals surface area contributed by atoms with Crippen molar-refractivity contribution in [3.05, 3.63) is 136 Å². The van der Waals surface area contributed by atoms with Gasteiger partial charge >= 0.3 is 0 Å². The second-order valence-corrected chi connectivity index (χ2v) is 11.3. The summed E-state index contributed by atoms with van der Waals surface area (Å²) in [6.07, 6.45) is 0. The quantitative estimate of drug-likeness (QED) is 0.249. The summed E-state index contributed by atoms with van der Waals surface area (Å²) in [7, 11) is -3.96. The van der Waals surface area contributed by atoms with Gasteiger partial charge in [0.2, 0.25) is 15.9 Å². The van der Waals surface area contributed by atoms with Gasteiger partial charge in [-0.25, -0.2) is 8.42 Å². The van der Waals surface area contributed by atoms with E-state index in [1.54, 1.807) is 53.4 Å². The second kappa shape index (κ2) is 12.2. The molecule has 0 fully saturated rings. The molecule has 0 aliphatic carbocycles. The summed E-state index contributed by atoms with van der Waals surface area (Å²) < 4.78 is 28.7. The molecule has 0 saturated heterocycles. The lowest BCUT2D eigenvalue weighted by molar-refractivity contribution is -0.132. The van der Waals surface area contributed by atoms with Gasteiger partial charge in [0.15, 0.2) is 0 Å². The molecule has 37 heavy (non-hydrogen) atoms. The van der Waals surface area contributed by atoms with Gasteiger partial charge in [0.25, 0.3) is 0 Å². The summed E-state index contributed by atoms with van der Waals surface area (Å²) in [5.74, 6) is -0.287. The number of sulfonamides is 1.